The molecule has 0 aliphatic carbocycles. The number of rotatable bonds is 8. The maximum Gasteiger partial charge on any atom is 0.407 e. The number of benzene rings is 2. The van der Waals surface area contributed by atoms with Crippen molar-refractivity contribution >= 4 is 18.9 Å². The van der Waals surface area contributed by atoms with Gasteiger partial charge in [-0.25, -0.2) is 0 Å². The molecule has 0 spiro atoms. The topological polar surface area (TPSA) is 92.3 Å². The summed E-state index contributed by atoms with van der Waals surface area (Å²) >= 11 is 0. The van der Waals surface area contributed by atoms with Gasteiger partial charge in [-0.1, -0.05) is 60.7 Å². The molecular formula is C30H44O10Si. The Morgan fingerprint density at radius 1 is 0.463 bits per heavy atom. The summed E-state index contributed by atoms with van der Waals surface area (Å²) in [7, 11) is -3.24. The van der Waals surface area contributed by atoms with E-state index in [1.54, 1.807) is 0 Å². The zero-order chi connectivity index (χ0) is 28.3. The van der Waals surface area contributed by atoms with E-state index in [-0.39, 0.29) is 25.4 Å². The minimum Gasteiger partial charge on any atom is -0.385 e. The van der Waals surface area contributed by atoms with Crippen LogP contribution in [0.1, 0.15) is 0 Å². The third kappa shape index (κ3) is 11.5. The van der Waals surface area contributed by atoms with Crippen LogP contribution in [0.2, 0.25) is 0 Å². The first-order valence-electron chi connectivity index (χ1n) is 14.5. The van der Waals surface area contributed by atoms with Crippen LogP contribution in [0.3, 0.4) is 0 Å². The van der Waals surface area contributed by atoms with Crippen molar-refractivity contribution in [3.8, 4) is 0 Å². The summed E-state index contributed by atoms with van der Waals surface area (Å²) < 4.78 is 60.1. The highest BCUT2D eigenvalue weighted by Crippen LogP contribution is 2.14. The average molecular weight is 593 g/mol. The molecule has 0 amide bonds. The molecular weight excluding hydrogens is 548 g/mol. The Kier molecular flexibility index (Phi) is 15.3. The number of hydrogen-bond acceptors (Lipinski definition) is 10. The van der Waals surface area contributed by atoms with Crippen LogP contribution in [0, 0.1) is 0 Å². The molecule has 4 rings (SSSR count). The lowest BCUT2D eigenvalue weighted by molar-refractivity contribution is -0.0868. The van der Waals surface area contributed by atoms with Gasteiger partial charge in [0, 0.05) is 0 Å². The largest absolute Gasteiger partial charge is 0.407 e. The van der Waals surface area contributed by atoms with Crippen molar-refractivity contribution in [2.45, 2.75) is 12.2 Å². The van der Waals surface area contributed by atoms with Crippen molar-refractivity contribution in [2.75, 3.05) is 106 Å². The lowest BCUT2D eigenvalue weighted by atomic mass is 10.4. The summed E-state index contributed by atoms with van der Waals surface area (Å²) in [6.45, 7) is 7.25. The standard InChI is InChI=1S/C30H44O10Si/c1-3-7-29(8-4-1)41(30-9-5-2-6-10-30,39-25-27-23-35-17-15-31-11-13-33-19-21-37-27)40-26-28-24-36-18-16-32-12-14-34-20-22-38-28/h1-10,27-28H,11-26H2. The lowest BCUT2D eigenvalue weighted by Crippen LogP contribution is -2.65. The van der Waals surface area contributed by atoms with Gasteiger partial charge in [0.2, 0.25) is 0 Å². The van der Waals surface area contributed by atoms with Crippen molar-refractivity contribution in [1.82, 2.24) is 0 Å². The molecule has 2 saturated heterocycles. The van der Waals surface area contributed by atoms with E-state index in [4.69, 9.17) is 46.7 Å². The second-order valence-electron chi connectivity index (χ2n) is 9.56. The first-order valence-corrected chi connectivity index (χ1v) is 16.3. The highest BCUT2D eigenvalue weighted by molar-refractivity contribution is 6.92. The normalized spacial score (nSPS) is 23.3. The van der Waals surface area contributed by atoms with Crippen molar-refractivity contribution < 1.29 is 46.7 Å². The molecule has 0 aromatic heterocycles. The first kappa shape index (κ1) is 32.2. The molecule has 0 bridgehead atoms. The summed E-state index contributed by atoms with van der Waals surface area (Å²) in [6.07, 6.45) is -0.613. The van der Waals surface area contributed by atoms with E-state index in [2.05, 4.69) is 24.3 Å². The van der Waals surface area contributed by atoms with Gasteiger partial charge >= 0.3 is 8.56 Å². The van der Waals surface area contributed by atoms with Crippen LogP contribution in [0.5, 0.6) is 0 Å². The second kappa shape index (κ2) is 19.4. The predicted molar refractivity (Wildman–Crippen MR) is 154 cm³/mol. The van der Waals surface area contributed by atoms with Gasteiger partial charge in [0.1, 0.15) is 12.2 Å². The zero-order valence-corrected chi connectivity index (χ0v) is 24.8. The van der Waals surface area contributed by atoms with E-state index in [9.17, 15) is 0 Å². The zero-order valence-electron chi connectivity index (χ0n) is 23.8. The van der Waals surface area contributed by atoms with Crippen LogP contribution in [0.15, 0.2) is 60.7 Å². The van der Waals surface area contributed by atoms with Gasteiger partial charge in [0.15, 0.2) is 0 Å². The number of ether oxygens (including phenoxy) is 8. The molecule has 10 nitrogen and oxygen atoms in total. The maximum atomic E-state index is 6.89. The van der Waals surface area contributed by atoms with Crippen molar-refractivity contribution in [1.29, 1.82) is 0 Å². The van der Waals surface area contributed by atoms with Crippen molar-refractivity contribution in [3.05, 3.63) is 60.7 Å². The van der Waals surface area contributed by atoms with Crippen LogP contribution < -0.4 is 10.4 Å². The first-order chi connectivity index (χ1) is 20.4. The highest BCUT2D eigenvalue weighted by atomic mass is 28.4. The summed E-state index contributed by atoms with van der Waals surface area (Å²) in [5.74, 6) is 0. The average Bonchev–Trinajstić information content (AvgIpc) is 3.00. The van der Waals surface area contributed by atoms with Gasteiger partial charge in [-0.05, 0) is 10.4 Å². The molecule has 41 heavy (non-hydrogen) atoms. The Hall–Kier alpha value is -1.74. The summed E-state index contributed by atoms with van der Waals surface area (Å²) in [5.41, 5.74) is 0. The molecule has 0 N–H and O–H groups in total. The van der Waals surface area contributed by atoms with Crippen molar-refractivity contribution in [3.63, 3.8) is 0 Å². The van der Waals surface area contributed by atoms with Gasteiger partial charge in [-0.3, -0.25) is 0 Å². The molecule has 2 aromatic rings. The smallest absolute Gasteiger partial charge is 0.385 e. The van der Waals surface area contributed by atoms with E-state index in [1.165, 1.54) is 0 Å². The third-order valence-electron chi connectivity index (χ3n) is 6.51. The molecule has 228 valence electrons. The van der Waals surface area contributed by atoms with Gasteiger partial charge in [-0.2, -0.15) is 0 Å². The molecule has 11 heteroatoms. The lowest BCUT2D eigenvalue weighted by Gasteiger charge is -2.34. The summed E-state index contributed by atoms with van der Waals surface area (Å²) in [5, 5.41) is 1.98. The van der Waals surface area contributed by atoms with Crippen LogP contribution in [0.25, 0.3) is 0 Å². The molecule has 2 aliphatic rings. The quantitative estimate of drug-likeness (QED) is 0.416. The SMILES string of the molecule is c1ccc([Si](OCC2COCCOCCOCCO2)(OCC2COCCOCCOCCO2)c2ccccc2)cc1. The monoisotopic (exact) mass is 592 g/mol. The molecule has 0 radical (unpaired) electrons. The van der Waals surface area contributed by atoms with Gasteiger partial charge in [-0.15, -0.1) is 0 Å². The Balaban J connectivity index is 1.52. The van der Waals surface area contributed by atoms with E-state index < -0.39 is 8.56 Å². The van der Waals surface area contributed by atoms with E-state index in [1.807, 2.05) is 36.4 Å². The van der Waals surface area contributed by atoms with Gasteiger partial charge < -0.3 is 46.7 Å². The highest BCUT2D eigenvalue weighted by Gasteiger charge is 2.44. The summed E-state index contributed by atoms with van der Waals surface area (Å²) in [6, 6.07) is 20.3. The summed E-state index contributed by atoms with van der Waals surface area (Å²) in [4.78, 5) is 0. The molecule has 2 unspecified atom stereocenters. The Bertz CT molecular complexity index is 823. The Morgan fingerprint density at radius 3 is 1.20 bits per heavy atom. The molecule has 2 aromatic carbocycles. The number of hydrogen-bond donors (Lipinski definition) is 0. The Labute approximate surface area is 244 Å². The van der Waals surface area contributed by atoms with Crippen LogP contribution in [0.4, 0.5) is 0 Å². The van der Waals surface area contributed by atoms with E-state index >= 15 is 0 Å². The molecule has 2 aliphatic heterocycles. The van der Waals surface area contributed by atoms with E-state index in [0.29, 0.717) is 92.5 Å². The fraction of sp³-hybridized carbons (Fsp3) is 0.600. The minimum atomic E-state index is -3.24. The van der Waals surface area contributed by atoms with Crippen LogP contribution >= 0.6 is 0 Å². The molecule has 2 heterocycles. The fourth-order valence-electron chi connectivity index (χ4n) is 4.42. The van der Waals surface area contributed by atoms with E-state index in [0.717, 1.165) is 10.4 Å². The maximum absolute atomic E-state index is 6.89. The third-order valence-corrected chi connectivity index (χ3v) is 9.84. The minimum absolute atomic E-state index is 0.282. The van der Waals surface area contributed by atoms with Crippen LogP contribution in [-0.2, 0) is 46.7 Å². The van der Waals surface area contributed by atoms with Crippen LogP contribution in [-0.4, -0.2) is 126 Å². The fourth-order valence-corrected chi connectivity index (χ4v) is 7.61. The van der Waals surface area contributed by atoms with Crippen molar-refractivity contribution in [2.24, 2.45) is 0 Å². The Morgan fingerprint density at radius 2 is 0.805 bits per heavy atom. The van der Waals surface area contributed by atoms with Gasteiger partial charge in [0.25, 0.3) is 0 Å². The molecule has 0 saturated carbocycles. The molecule has 2 atom stereocenters. The van der Waals surface area contributed by atoms with Gasteiger partial charge in [0.05, 0.1) is 106 Å². The predicted octanol–water partition coefficient (Wildman–Crippen LogP) is 1.17. The second-order valence-corrected chi connectivity index (χ2v) is 12.5. The molecule has 2 fully saturated rings.